The molecule has 0 saturated carbocycles. The van der Waals surface area contributed by atoms with E-state index in [1.165, 1.54) is 0 Å². The second-order valence-electron chi connectivity index (χ2n) is 19.1. The fraction of sp³-hybridized carbons (Fsp3) is 0.270. The third kappa shape index (κ3) is 11.4. The lowest BCUT2D eigenvalue weighted by atomic mass is 9.74. The molecule has 0 heterocycles. The summed E-state index contributed by atoms with van der Waals surface area (Å²) in [6.07, 6.45) is 0.575. The molecule has 0 aliphatic heterocycles. The first kappa shape index (κ1) is 51.7. The van der Waals surface area contributed by atoms with Crippen LogP contribution < -0.4 is 29.6 Å². The first-order valence-corrected chi connectivity index (χ1v) is 24.9. The van der Waals surface area contributed by atoms with Crippen LogP contribution in [-0.4, -0.2) is 61.7 Å². The van der Waals surface area contributed by atoms with Crippen molar-refractivity contribution < 1.29 is 38.7 Å². The SMILES string of the molecule is CCC(CC)(C(=O)N[C@@H](c1cccc2ccccc12)C(O)(Cc1cccc(OC)c1)Cc1cccc(OC)c1)C(=O)N[C@@H](c1cccc2ccccc12)C(O)(Cc1cccc(OC)c1)Cc1cccc(OC)c1. The van der Waals surface area contributed by atoms with Crippen LogP contribution in [0.4, 0.5) is 0 Å². The number of methoxy groups -OCH3 is 4. The molecule has 8 rings (SSSR count). The Bertz CT molecular complexity index is 2860. The van der Waals surface area contributed by atoms with Gasteiger partial charge >= 0.3 is 0 Å². The molecule has 0 fully saturated rings. The first-order valence-electron chi connectivity index (χ1n) is 24.9. The van der Waals surface area contributed by atoms with Crippen LogP contribution in [0.25, 0.3) is 21.5 Å². The molecular formula is C63H66N2O8. The quantitative estimate of drug-likeness (QED) is 0.0493. The Morgan fingerprint density at radius 2 is 0.712 bits per heavy atom. The van der Waals surface area contributed by atoms with Crippen molar-refractivity contribution in [2.45, 2.75) is 75.7 Å². The number of aliphatic hydroxyl groups is 2. The molecule has 0 radical (unpaired) electrons. The van der Waals surface area contributed by atoms with Crippen molar-refractivity contribution in [1.82, 2.24) is 10.6 Å². The molecular weight excluding hydrogens is 913 g/mol. The lowest BCUT2D eigenvalue weighted by Crippen LogP contribution is -2.58. The number of nitrogens with one attached hydrogen (secondary N) is 2. The molecule has 0 saturated heterocycles. The summed E-state index contributed by atoms with van der Waals surface area (Å²) < 4.78 is 22.6. The molecule has 0 aliphatic rings. The van der Waals surface area contributed by atoms with E-state index in [0.29, 0.717) is 34.1 Å². The number of hydrogen-bond acceptors (Lipinski definition) is 8. The number of carbonyl (C=O) groups is 2. The summed E-state index contributed by atoms with van der Waals surface area (Å²) in [5, 5.41) is 37.7. The summed E-state index contributed by atoms with van der Waals surface area (Å²) in [5.41, 5.74) is -0.630. The van der Waals surface area contributed by atoms with E-state index in [9.17, 15) is 10.2 Å². The average molecular weight is 979 g/mol. The highest BCUT2D eigenvalue weighted by molar-refractivity contribution is 6.05. The highest BCUT2D eigenvalue weighted by Gasteiger charge is 2.50. The molecule has 10 heteroatoms. The van der Waals surface area contributed by atoms with Gasteiger partial charge in [0.25, 0.3) is 0 Å². The van der Waals surface area contributed by atoms with Crippen LogP contribution in [0.15, 0.2) is 182 Å². The number of fused-ring (bicyclic) bond motifs is 2. The van der Waals surface area contributed by atoms with Crippen LogP contribution in [0.3, 0.4) is 0 Å². The van der Waals surface area contributed by atoms with Gasteiger partial charge in [0.15, 0.2) is 0 Å². The van der Waals surface area contributed by atoms with Crippen LogP contribution >= 0.6 is 0 Å². The second-order valence-corrected chi connectivity index (χ2v) is 19.1. The molecule has 2 atom stereocenters. The fourth-order valence-corrected chi connectivity index (χ4v) is 10.6. The van der Waals surface area contributed by atoms with Crippen molar-refractivity contribution in [3.8, 4) is 23.0 Å². The van der Waals surface area contributed by atoms with Gasteiger partial charge in [-0.05, 0) is 116 Å². The van der Waals surface area contributed by atoms with Gasteiger partial charge in [-0.1, -0.05) is 147 Å². The van der Waals surface area contributed by atoms with E-state index < -0.39 is 40.5 Å². The Kier molecular flexibility index (Phi) is 16.2. The van der Waals surface area contributed by atoms with Crippen molar-refractivity contribution in [1.29, 1.82) is 0 Å². The molecule has 0 bridgehead atoms. The normalized spacial score (nSPS) is 12.7. The van der Waals surface area contributed by atoms with Crippen molar-refractivity contribution in [2.24, 2.45) is 5.41 Å². The zero-order valence-electron chi connectivity index (χ0n) is 42.6. The summed E-state index contributed by atoms with van der Waals surface area (Å²) >= 11 is 0. The van der Waals surface area contributed by atoms with Gasteiger partial charge in [0.1, 0.15) is 28.4 Å². The number of rotatable bonds is 22. The van der Waals surface area contributed by atoms with Crippen molar-refractivity contribution in [3.05, 3.63) is 215 Å². The summed E-state index contributed by atoms with van der Waals surface area (Å²) in [6.45, 7) is 3.67. The standard InChI is InChI=1S/C63H66N2O8/c1-7-61(8-2,59(66)64-57(55-33-17-25-47-23-9-11-31-53(47)55)62(68,39-43-19-13-27-49(35-43)70-3)40-44-20-14-28-50(36-44)71-4)60(67)65-58(56-34-18-26-48-24-10-12-32-54(48)56)63(69,41-45-21-15-29-51(37-45)72-5)42-46-22-16-30-52(38-46)73-6/h9-38,57-58,68-69H,7-8,39-42H2,1-6H3,(H,64,66)(H,65,67)/t57-,58-/m0/s1. The largest absolute Gasteiger partial charge is 0.497 e. The predicted molar refractivity (Wildman–Crippen MR) is 289 cm³/mol. The van der Waals surface area contributed by atoms with E-state index in [2.05, 4.69) is 10.6 Å². The maximum absolute atomic E-state index is 15.9. The summed E-state index contributed by atoms with van der Waals surface area (Å²) in [5.74, 6) is 1.36. The Morgan fingerprint density at radius 3 is 1.01 bits per heavy atom. The monoisotopic (exact) mass is 978 g/mol. The van der Waals surface area contributed by atoms with Gasteiger partial charge in [-0.25, -0.2) is 0 Å². The smallest absolute Gasteiger partial charge is 0.236 e. The molecule has 2 amide bonds. The van der Waals surface area contributed by atoms with Crippen LogP contribution in [0, 0.1) is 5.41 Å². The molecule has 8 aromatic carbocycles. The van der Waals surface area contributed by atoms with Gasteiger partial charge in [-0.2, -0.15) is 0 Å². The minimum absolute atomic E-state index is 0.0950. The molecule has 4 N–H and O–H groups in total. The molecule has 8 aromatic rings. The minimum Gasteiger partial charge on any atom is -0.497 e. The first-order chi connectivity index (χ1) is 35.4. The van der Waals surface area contributed by atoms with Gasteiger partial charge in [0.2, 0.25) is 11.8 Å². The zero-order valence-corrected chi connectivity index (χ0v) is 42.6. The Balaban J connectivity index is 1.27. The van der Waals surface area contributed by atoms with Crippen LogP contribution in [-0.2, 0) is 35.3 Å². The molecule has 73 heavy (non-hydrogen) atoms. The van der Waals surface area contributed by atoms with Gasteiger partial charge in [-0.3, -0.25) is 9.59 Å². The highest BCUT2D eigenvalue weighted by Crippen LogP contribution is 2.42. The topological polar surface area (TPSA) is 136 Å². The Hall–Kier alpha value is -7.66. The molecule has 0 aliphatic carbocycles. The summed E-state index contributed by atoms with van der Waals surface area (Å²) in [7, 11) is 6.41. The predicted octanol–water partition coefficient (Wildman–Crippen LogP) is 11.3. The van der Waals surface area contributed by atoms with Crippen molar-refractivity contribution >= 4 is 33.4 Å². The van der Waals surface area contributed by atoms with E-state index >= 15 is 9.59 Å². The number of amides is 2. The molecule has 0 spiro atoms. The zero-order chi connectivity index (χ0) is 51.6. The second kappa shape index (κ2) is 22.8. The van der Waals surface area contributed by atoms with E-state index in [1.807, 2.05) is 196 Å². The molecule has 0 aromatic heterocycles. The third-order valence-electron chi connectivity index (χ3n) is 14.5. The summed E-state index contributed by atoms with van der Waals surface area (Å²) in [4.78, 5) is 31.9. The van der Waals surface area contributed by atoms with Crippen LogP contribution in [0.1, 0.15) is 72.2 Å². The van der Waals surface area contributed by atoms with Crippen LogP contribution in [0.5, 0.6) is 23.0 Å². The third-order valence-corrected chi connectivity index (χ3v) is 14.5. The van der Waals surface area contributed by atoms with E-state index in [1.54, 1.807) is 28.4 Å². The highest BCUT2D eigenvalue weighted by atomic mass is 16.5. The number of ether oxygens (including phenoxy) is 4. The van der Waals surface area contributed by atoms with Crippen LogP contribution in [0.2, 0.25) is 0 Å². The van der Waals surface area contributed by atoms with E-state index in [-0.39, 0.29) is 38.5 Å². The van der Waals surface area contributed by atoms with Gasteiger partial charge in [-0.15, -0.1) is 0 Å². The van der Waals surface area contributed by atoms with Gasteiger partial charge in [0.05, 0.1) is 51.7 Å². The summed E-state index contributed by atoms with van der Waals surface area (Å²) in [6, 6.07) is 55.6. The number of hydrogen-bond donors (Lipinski definition) is 4. The van der Waals surface area contributed by atoms with Crippen molar-refractivity contribution in [3.63, 3.8) is 0 Å². The molecule has 376 valence electrons. The van der Waals surface area contributed by atoms with Crippen molar-refractivity contribution in [2.75, 3.05) is 28.4 Å². The number of carbonyl (C=O) groups excluding carboxylic acids is 2. The van der Waals surface area contributed by atoms with Gasteiger partial charge < -0.3 is 39.8 Å². The fourth-order valence-electron chi connectivity index (χ4n) is 10.6. The maximum Gasteiger partial charge on any atom is 0.236 e. The van der Waals surface area contributed by atoms with E-state index in [0.717, 1.165) is 43.8 Å². The minimum atomic E-state index is -1.71. The van der Waals surface area contributed by atoms with E-state index in [4.69, 9.17) is 18.9 Å². The number of benzene rings is 8. The lowest BCUT2D eigenvalue weighted by Gasteiger charge is -2.42. The maximum atomic E-state index is 15.9. The Morgan fingerprint density at radius 1 is 0.425 bits per heavy atom. The molecule has 0 unspecified atom stereocenters. The van der Waals surface area contributed by atoms with Gasteiger partial charge in [0, 0.05) is 25.7 Å². The molecule has 10 nitrogen and oxygen atoms in total. The average Bonchev–Trinajstić information content (AvgIpc) is 3.42. The Labute approximate surface area is 428 Å². The lowest BCUT2D eigenvalue weighted by molar-refractivity contribution is -0.148.